The van der Waals surface area contributed by atoms with Crippen LogP contribution in [0.3, 0.4) is 0 Å². The Bertz CT molecular complexity index is 1260. The third kappa shape index (κ3) is 4.42. The number of thiophene rings is 1. The van der Waals surface area contributed by atoms with Gasteiger partial charge in [0.1, 0.15) is 9.96 Å². The first-order chi connectivity index (χ1) is 14.5. The number of nitrogens with zero attached hydrogens (tertiary/aromatic N) is 2. The number of nitrogens with one attached hydrogen (secondary N) is 1. The van der Waals surface area contributed by atoms with Crippen LogP contribution in [0.5, 0.6) is 5.75 Å². The fraction of sp³-hybridized carbons (Fsp3) is 0.0476. The highest BCUT2D eigenvalue weighted by Gasteiger charge is 2.15. The maximum atomic E-state index is 12.3. The third-order valence-electron chi connectivity index (χ3n) is 4.14. The van der Waals surface area contributed by atoms with Crippen molar-refractivity contribution < 1.29 is 17.7 Å². The lowest BCUT2D eigenvalue weighted by atomic mass is 10.2. The van der Waals surface area contributed by atoms with E-state index in [0.29, 0.717) is 23.0 Å². The Balaban J connectivity index is 1.48. The van der Waals surface area contributed by atoms with Crippen molar-refractivity contribution in [3.63, 3.8) is 0 Å². The summed E-state index contributed by atoms with van der Waals surface area (Å²) in [7, 11) is -1.97. The Kier molecular flexibility index (Phi) is 5.64. The second-order valence-corrected chi connectivity index (χ2v) is 9.00. The van der Waals surface area contributed by atoms with E-state index in [-0.39, 0.29) is 4.21 Å². The molecule has 0 amide bonds. The Morgan fingerprint density at radius 1 is 1.03 bits per heavy atom. The van der Waals surface area contributed by atoms with Gasteiger partial charge in [0.15, 0.2) is 0 Å². The number of sulfonamides is 1. The van der Waals surface area contributed by atoms with E-state index >= 15 is 0 Å². The highest BCUT2D eigenvalue weighted by Crippen LogP contribution is 2.24. The molecule has 0 bridgehead atoms. The Morgan fingerprint density at radius 2 is 1.83 bits per heavy atom. The molecule has 2 aromatic carbocycles. The molecule has 9 heteroatoms. The van der Waals surface area contributed by atoms with Gasteiger partial charge in [0.2, 0.25) is 5.82 Å². The second kappa shape index (κ2) is 8.52. The van der Waals surface area contributed by atoms with E-state index in [9.17, 15) is 8.42 Å². The zero-order chi connectivity index (χ0) is 21.0. The van der Waals surface area contributed by atoms with Crippen molar-refractivity contribution >= 4 is 39.2 Å². The summed E-state index contributed by atoms with van der Waals surface area (Å²) in [6, 6.07) is 17.6. The average molecular weight is 440 g/mol. The first-order valence-electron chi connectivity index (χ1n) is 8.87. The zero-order valence-electron chi connectivity index (χ0n) is 15.8. The molecule has 0 unspecified atom stereocenters. The number of ether oxygens (including phenoxy) is 1. The number of aromatic nitrogens is 2. The first kappa shape index (κ1) is 19.9. The molecule has 4 rings (SSSR count). The third-order valence-corrected chi connectivity index (χ3v) is 6.92. The summed E-state index contributed by atoms with van der Waals surface area (Å²) in [4.78, 5) is 4.35. The van der Waals surface area contributed by atoms with Crippen molar-refractivity contribution in [3.05, 3.63) is 77.5 Å². The van der Waals surface area contributed by atoms with Crippen molar-refractivity contribution in [2.24, 2.45) is 0 Å². The summed E-state index contributed by atoms with van der Waals surface area (Å²) in [5.74, 6) is 1.50. The van der Waals surface area contributed by atoms with E-state index in [0.717, 1.165) is 22.6 Å². The van der Waals surface area contributed by atoms with Gasteiger partial charge < -0.3 is 9.26 Å². The van der Waals surface area contributed by atoms with Crippen LogP contribution >= 0.6 is 11.3 Å². The quantitative estimate of drug-likeness (QED) is 0.445. The fourth-order valence-corrected chi connectivity index (χ4v) is 4.75. The van der Waals surface area contributed by atoms with E-state index in [4.69, 9.17) is 9.26 Å². The minimum atomic E-state index is -3.58. The fourth-order valence-electron chi connectivity index (χ4n) is 2.69. The molecule has 0 fully saturated rings. The minimum Gasteiger partial charge on any atom is -0.496 e. The lowest BCUT2D eigenvalue weighted by Gasteiger charge is -2.06. The summed E-state index contributed by atoms with van der Waals surface area (Å²) < 4.78 is 38.0. The number of benzene rings is 2. The Hall–Kier alpha value is -3.43. The highest BCUT2D eigenvalue weighted by molar-refractivity contribution is 7.94. The molecule has 0 atom stereocenters. The number of rotatable bonds is 7. The van der Waals surface area contributed by atoms with Crippen LogP contribution in [-0.2, 0) is 10.0 Å². The van der Waals surface area contributed by atoms with Gasteiger partial charge in [-0.1, -0.05) is 29.4 Å². The number of hydrogen-bond donors (Lipinski definition) is 1. The lowest BCUT2D eigenvalue weighted by molar-refractivity contribution is 0.411. The Morgan fingerprint density at radius 3 is 2.57 bits per heavy atom. The molecule has 0 aliphatic rings. The molecule has 1 N–H and O–H groups in total. The lowest BCUT2D eigenvalue weighted by Crippen LogP contribution is -2.11. The van der Waals surface area contributed by atoms with Crippen LogP contribution in [0.15, 0.2) is 74.8 Å². The maximum Gasteiger partial charge on any atom is 0.271 e. The van der Waals surface area contributed by atoms with Gasteiger partial charge in [-0.25, -0.2) is 8.42 Å². The summed E-state index contributed by atoms with van der Waals surface area (Å²) in [6.45, 7) is 0. The molecule has 30 heavy (non-hydrogen) atoms. The molecule has 0 aliphatic heterocycles. The van der Waals surface area contributed by atoms with Crippen LogP contribution in [0, 0.1) is 0 Å². The van der Waals surface area contributed by atoms with Crippen LogP contribution in [0.4, 0.5) is 5.69 Å². The number of methoxy groups -OCH3 is 1. The van der Waals surface area contributed by atoms with Gasteiger partial charge in [-0.15, -0.1) is 11.3 Å². The molecule has 7 nitrogen and oxygen atoms in total. The predicted octanol–water partition coefficient (Wildman–Crippen LogP) is 4.78. The largest absolute Gasteiger partial charge is 0.496 e. The predicted molar refractivity (Wildman–Crippen MR) is 117 cm³/mol. The van der Waals surface area contributed by atoms with E-state index in [1.807, 2.05) is 30.3 Å². The van der Waals surface area contributed by atoms with E-state index in [1.54, 1.807) is 55.0 Å². The van der Waals surface area contributed by atoms with Crippen molar-refractivity contribution in [1.29, 1.82) is 0 Å². The minimum absolute atomic E-state index is 0.260. The molecular formula is C21H17N3O4S2. The van der Waals surface area contributed by atoms with E-state index in [1.165, 1.54) is 0 Å². The Labute approximate surface area is 177 Å². The van der Waals surface area contributed by atoms with E-state index in [2.05, 4.69) is 14.9 Å². The highest BCUT2D eigenvalue weighted by atomic mass is 32.2. The smallest absolute Gasteiger partial charge is 0.271 e. The zero-order valence-corrected chi connectivity index (χ0v) is 17.5. The standard InChI is InChI=1S/C21H17N3O4S2/c1-27-18-6-3-2-5-15(18)10-13-19-22-21(23-28-19)16-8-11-17(12-9-16)24-30(25,26)20-7-4-14-29-20/h2-14,24H,1H3. The van der Waals surface area contributed by atoms with Gasteiger partial charge >= 0.3 is 0 Å². The molecule has 152 valence electrons. The molecule has 0 radical (unpaired) electrons. The van der Waals surface area contributed by atoms with Crippen LogP contribution in [0.25, 0.3) is 23.5 Å². The normalized spacial score (nSPS) is 11.6. The van der Waals surface area contributed by atoms with Gasteiger partial charge in [0, 0.05) is 22.9 Å². The number of anilines is 1. The van der Waals surface area contributed by atoms with Crippen molar-refractivity contribution in [2.45, 2.75) is 4.21 Å². The van der Waals surface area contributed by atoms with Crippen LogP contribution in [-0.4, -0.2) is 25.7 Å². The van der Waals surface area contributed by atoms with E-state index < -0.39 is 10.0 Å². The van der Waals surface area contributed by atoms with Crippen LogP contribution < -0.4 is 9.46 Å². The topological polar surface area (TPSA) is 94.3 Å². The van der Waals surface area contributed by atoms with Crippen LogP contribution in [0.1, 0.15) is 11.5 Å². The first-order valence-corrected chi connectivity index (χ1v) is 11.2. The van der Waals surface area contributed by atoms with Crippen LogP contribution in [0.2, 0.25) is 0 Å². The van der Waals surface area contributed by atoms with Gasteiger partial charge in [-0.2, -0.15) is 4.98 Å². The van der Waals surface area contributed by atoms with Crippen molar-refractivity contribution in [1.82, 2.24) is 10.1 Å². The maximum absolute atomic E-state index is 12.3. The van der Waals surface area contributed by atoms with Gasteiger partial charge in [-0.05, 0) is 47.9 Å². The molecule has 2 aromatic heterocycles. The molecule has 2 heterocycles. The summed E-state index contributed by atoms with van der Waals surface area (Å²) >= 11 is 1.16. The monoisotopic (exact) mass is 439 g/mol. The second-order valence-electron chi connectivity index (χ2n) is 6.15. The molecule has 0 saturated heterocycles. The molecule has 0 saturated carbocycles. The summed E-state index contributed by atoms with van der Waals surface area (Å²) in [5.41, 5.74) is 2.05. The summed E-state index contributed by atoms with van der Waals surface area (Å²) in [6.07, 6.45) is 3.54. The SMILES string of the molecule is COc1ccccc1C=Cc1nc(-c2ccc(NS(=O)(=O)c3cccs3)cc2)no1. The number of hydrogen-bond acceptors (Lipinski definition) is 7. The van der Waals surface area contributed by atoms with Gasteiger partial charge in [0.25, 0.3) is 15.9 Å². The molecule has 4 aromatic rings. The molecule has 0 aliphatic carbocycles. The summed E-state index contributed by atoms with van der Waals surface area (Å²) in [5, 5.41) is 5.70. The van der Waals surface area contributed by atoms with Gasteiger partial charge in [0.05, 0.1) is 7.11 Å². The van der Waals surface area contributed by atoms with Crippen molar-refractivity contribution in [3.8, 4) is 17.1 Å². The van der Waals surface area contributed by atoms with Gasteiger partial charge in [-0.3, -0.25) is 4.72 Å². The molecular weight excluding hydrogens is 422 g/mol. The number of para-hydroxylation sites is 1. The van der Waals surface area contributed by atoms with Crippen molar-refractivity contribution in [2.75, 3.05) is 11.8 Å². The molecule has 0 spiro atoms. The average Bonchev–Trinajstić information content (AvgIpc) is 3.45.